The quantitative estimate of drug-likeness (QED) is 0.106. The average molecular weight is 595 g/mol. The van der Waals surface area contributed by atoms with E-state index in [4.69, 9.17) is 27.9 Å². The zero-order valence-corrected chi connectivity index (χ0v) is 19.6. The van der Waals surface area contributed by atoms with Crippen LogP contribution < -0.4 is 4.72 Å². The Morgan fingerprint density at radius 3 is 1.81 bits per heavy atom. The number of aliphatic hydroxyl groups excluding tert-OH is 4. The van der Waals surface area contributed by atoms with E-state index in [1.807, 2.05) is 0 Å². The van der Waals surface area contributed by atoms with Crippen molar-refractivity contribution in [2.45, 2.75) is 61.3 Å². The Hall–Kier alpha value is -1.20. The number of hydrogen-bond donors (Lipinski definition) is 9. The lowest BCUT2D eigenvalue weighted by atomic mass is 9.96. The second kappa shape index (κ2) is 11.3. The van der Waals surface area contributed by atoms with E-state index in [0.717, 1.165) is 0 Å². The third-order valence-electron chi connectivity index (χ3n) is 4.68. The summed E-state index contributed by atoms with van der Waals surface area (Å²) in [7, 11) is -16.3. The van der Waals surface area contributed by atoms with Crippen molar-refractivity contribution < 1.29 is 91.8 Å². The highest BCUT2D eigenvalue weighted by atomic mass is 32.3. The zero-order chi connectivity index (χ0) is 27.8. The van der Waals surface area contributed by atoms with Gasteiger partial charge >= 0.3 is 37.1 Å². The third-order valence-corrected chi connectivity index (χ3v) is 6.18. The molecular formula is C12H21NO20S3. The summed E-state index contributed by atoms with van der Waals surface area (Å²) in [5, 5.41) is 48.8. The molecule has 2 fully saturated rings. The molecule has 2 saturated heterocycles. The van der Waals surface area contributed by atoms with E-state index in [2.05, 4.69) is 8.37 Å². The minimum Gasteiger partial charge on any atom is -0.479 e. The number of aliphatic carboxylic acids is 1. The van der Waals surface area contributed by atoms with Crippen LogP contribution >= 0.6 is 0 Å². The van der Waals surface area contributed by atoms with E-state index in [1.54, 1.807) is 0 Å². The second-order valence-electron chi connectivity index (χ2n) is 7.19. The lowest BCUT2D eigenvalue weighted by molar-refractivity contribution is -0.334. The molecule has 2 heterocycles. The Balaban J connectivity index is 2.56. The Bertz CT molecular complexity index is 1110. The van der Waals surface area contributed by atoms with Crippen molar-refractivity contribution in [1.29, 1.82) is 0 Å². The van der Waals surface area contributed by atoms with Crippen LogP contribution in [0.4, 0.5) is 0 Å². The first kappa shape index (κ1) is 31.0. The molecule has 9 N–H and O–H groups in total. The molecule has 2 aliphatic rings. The second-order valence-corrected chi connectivity index (χ2v) is 10.5. The first-order chi connectivity index (χ1) is 16.2. The Kier molecular flexibility index (Phi) is 9.71. The number of hydrogen-bond acceptors (Lipinski definition) is 16. The van der Waals surface area contributed by atoms with E-state index >= 15 is 0 Å². The molecule has 0 bridgehead atoms. The molecule has 21 nitrogen and oxygen atoms in total. The molecule has 2 aliphatic heterocycles. The van der Waals surface area contributed by atoms with Crippen LogP contribution in [0.1, 0.15) is 0 Å². The van der Waals surface area contributed by atoms with Crippen molar-refractivity contribution in [2.24, 2.45) is 0 Å². The van der Waals surface area contributed by atoms with Gasteiger partial charge in [0.25, 0.3) is 0 Å². The van der Waals surface area contributed by atoms with Gasteiger partial charge in [0.1, 0.15) is 36.6 Å². The van der Waals surface area contributed by atoms with Crippen molar-refractivity contribution in [3.05, 3.63) is 0 Å². The molecular weight excluding hydrogens is 574 g/mol. The van der Waals surface area contributed by atoms with Crippen LogP contribution in [0.5, 0.6) is 0 Å². The fraction of sp³-hybridized carbons (Fsp3) is 0.917. The fourth-order valence-electron chi connectivity index (χ4n) is 3.33. The molecule has 0 amide bonds. The van der Waals surface area contributed by atoms with Gasteiger partial charge in [0, 0.05) is 0 Å². The van der Waals surface area contributed by atoms with Crippen LogP contribution in [0, 0.1) is 0 Å². The molecule has 0 aromatic heterocycles. The Morgan fingerprint density at radius 1 is 0.833 bits per heavy atom. The van der Waals surface area contributed by atoms with Gasteiger partial charge in [-0.25, -0.2) is 13.2 Å². The molecule has 36 heavy (non-hydrogen) atoms. The van der Waals surface area contributed by atoms with E-state index in [9.17, 15) is 55.6 Å². The molecule has 0 saturated carbocycles. The number of carboxylic acid groups (broad SMARTS) is 1. The fourth-order valence-corrected chi connectivity index (χ4v) is 4.92. The summed E-state index contributed by atoms with van der Waals surface area (Å²) in [6.45, 7) is -1.21. The van der Waals surface area contributed by atoms with Gasteiger partial charge in [-0.3, -0.25) is 13.7 Å². The van der Waals surface area contributed by atoms with Crippen LogP contribution in [0.2, 0.25) is 0 Å². The van der Waals surface area contributed by atoms with Gasteiger partial charge in [0.2, 0.25) is 0 Å². The lowest BCUT2D eigenvalue weighted by Gasteiger charge is -2.46. The monoisotopic (exact) mass is 595 g/mol. The van der Waals surface area contributed by atoms with E-state index in [0.29, 0.717) is 0 Å². The summed E-state index contributed by atoms with van der Waals surface area (Å²) < 4.78 is 119. The predicted octanol–water partition coefficient (Wildman–Crippen LogP) is -6.25. The first-order valence-electron chi connectivity index (χ1n) is 9.14. The summed E-state index contributed by atoms with van der Waals surface area (Å²) >= 11 is 0. The average Bonchev–Trinajstić information content (AvgIpc) is 2.68. The molecule has 0 spiro atoms. The maximum Gasteiger partial charge on any atom is 0.397 e. The van der Waals surface area contributed by atoms with Crippen LogP contribution in [0.15, 0.2) is 0 Å². The highest BCUT2D eigenvalue weighted by Crippen LogP contribution is 2.32. The van der Waals surface area contributed by atoms with Crippen LogP contribution in [-0.2, 0) is 58.5 Å². The van der Waals surface area contributed by atoms with Crippen molar-refractivity contribution in [3.63, 3.8) is 0 Å². The first-order valence-corrected chi connectivity index (χ1v) is 13.3. The minimum atomic E-state index is -5.56. The smallest absolute Gasteiger partial charge is 0.397 e. The van der Waals surface area contributed by atoms with Crippen molar-refractivity contribution in [3.8, 4) is 0 Å². The zero-order valence-electron chi connectivity index (χ0n) is 17.2. The number of aliphatic hydroxyl groups is 4. The summed E-state index contributed by atoms with van der Waals surface area (Å²) in [6.07, 6.45) is -21.4. The normalized spacial score (nSPS) is 38.5. The van der Waals surface area contributed by atoms with Crippen LogP contribution in [-0.4, -0.2) is 138 Å². The summed E-state index contributed by atoms with van der Waals surface area (Å²) in [5.74, 6) is -1.95. The molecule has 0 unspecified atom stereocenters. The predicted molar refractivity (Wildman–Crippen MR) is 102 cm³/mol. The summed E-state index contributed by atoms with van der Waals surface area (Å²) in [4.78, 5) is 11.4. The number of carbonyl (C=O) groups is 1. The number of rotatable bonds is 10. The molecule has 0 radical (unpaired) electrons. The minimum absolute atomic E-state index is 1.21. The number of carboxylic acids is 1. The SMILES string of the molecule is O=C(O)[C@@H]1O[C@@H](O[C@H]2[C@H](OS(=O)(=O)O)[C@@H](NS(=O)(=O)O)[C@@H](O)O[C@@H]2CO)[C@H](OS(=O)(=O)O)[C@@H](O)[C@@H]1O. The standard InChI is InChI=1S/C12H21NO20S3/c14-1-2-6(7(32-35(23,24)25)3(11(19)29-2)13-34(20,21)22)30-12-9(33-36(26,27)28)5(16)4(15)8(31-12)10(17)18/h2-9,11-16,19H,1H2,(H,17,18)(H,20,21,22)(H,23,24,25)(H,26,27,28)/t2-,3-,4+,5+,6-,7-,8-,9-,11+,12-/m1/s1. The molecule has 10 atom stereocenters. The van der Waals surface area contributed by atoms with Gasteiger partial charge < -0.3 is 39.7 Å². The van der Waals surface area contributed by atoms with Gasteiger partial charge in [-0.2, -0.15) is 30.0 Å². The molecule has 2 rings (SSSR count). The van der Waals surface area contributed by atoms with Crippen molar-refractivity contribution in [1.82, 2.24) is 4.72 Å². The topological polar surface area (TPSA) is 340 Å². The van der Waals surface area contributed by atoms with E-state index in [-0.39, 0.29) is 0 Å². The van der Waals surface area contributed by atoms with Crippen LogP contribution in [0.25, 0.3) is 0 Å². The molecule has 0 aliphatic carbocycles. The van der Waals surface area contributed by atoms with Gasteiger partial charge in [-0.15, -0.1) is 0 Å². The van der Waals surface area contributed by atoms with E-state index in [1.165, 1.54) is 4.72 Å². The van der Waals surface area contributed by atoms with Crippen molar-refractivity contribution >= 4 is 37.1 Å². The molecule has 24 heteroatoms. The Labute approximate surface area is 201 Å². The van der Waals surface area contributed by atoms with Crippen LogP contribution in [0.3, 0.4) is 0 Å². The van der Waals surface area contributed by atoms with Crippen molar-refractivity contribution in [2.75, 3.05) is 6.61 Å². The summed E-state index contributed by atoms with van der Waals surface area (Å²) in [6, 6.07) is -2.36. The summed E-state index contributed by atoms with van der Waals surface area (Å²) in [5.41, 5.74) is 0. The number of nitrogens with one attached hydrogen (secondary N) is 1. The highest BCUT2D eigenvalue weighted by Gasteiger charge is 2.55. The van der Waals surface area contributed by atoms with E-state index < -0.39 is 105 Å². The van der Waals surface area contributed by atoms with Gasteiger partial charge in [0.15, 0.2) is 24.8 Å². The maximum atomic E-state index is 11.4. The Morgan fingerprint density at radius 2 is 1.36 bits per heavy atom. The van der Waals surface area contributed by atoms with Gasteiger partial charge in [-0.1, -0.05) is 0 Å². The van der Waals surface area contributed by atoms with Gasteiger partial charge in [0.05, 0.1) is 6.61 Å². The highest BCUT2D eigenvalue weighted by molar-refractivity contribution is 7.83. The third kappa shape index (κ3) is 8.15. The lowest BCUT2D eigenvalue weighted by Crippen LogP contribution is -2.68. The maximum absolute atomic E-state index is 11.4. The number of ether oxygens (including phenoxy) is 3. The van der Waals surface area contributed by atoms with Gasteiger partial charge in [-0.05, 0) is 0 Å². The largest absolute Gasteiger partial charge is 0.479 e. The molecule has 0 aromatic carbocycles. The molecule has 0 aromatic rings. The molecule has 212 valence electrons.